The summed E-state index contributed by atoms with van der Waals surface area (Å²) in [5, 5.41) is 2.27. The third-order valence-corrected chi connectivity index (χ3v) is 7.68. The first-order valence-electron chi connectivity index (χ1n) is 10.1. The smallest absolute Gasteiger partial charge is 0.230 e. The van der Waals surface area contributed by atoms with Crippen molar-refractivity contribution in [1.82, 2.24) is 10.3 Å². The van der Waals surface area contributed by atoms with E-state index in [0.717, 1.165) is 48.9 Å². The van der Waals surface area contributed by atoms with Gasteiger partial charge in [0.05, 0.1) is 16.8 Å². The molecule has 1 fully saturated rings. The van der Waals surface area contributed by atoms with Gasteiger partial charge in [-0.1, -0.05) is 11.8 Å². The van der Waals surface area contributed by atoms with Gasteiger partial charge in [0.1, 0.15) is 11.6 Å². The van der Waals surface area contributed by atoms with E-state index in [1.807, 2.05) is 0 Å². The Balaban J connectivity index is 1.59. The molecule has 0 aliphatic carbocycles. The molecule has 7 nitrogen and oxygen atoms in total. The van der Waals surface area contributed by atoms with Crippen LogP contribution in [-0.2, 0) is 19.4 Å². The van der Waals surface area contributed by atoms with E-state index in [4.69, 9.17) is 9.15 Å². The number of amides is 1. The summed E-state index contributed by atoms with van der Waals surface area (Å²) < 4.78 is 64.1. The number of carbonyl (C=O) groups excluding carboxylic acids is 1. The fraction of sp³-hybridized carbons (Fsp3) is 0.273. The van der Waals surface area contributed by atoms with Gasteiger partial charge in [-0.05, 0) is 61.4 Å². The van der Waals surface area contributed by atoms with E-state index in [0.29, 0.717) is 18.7 Å². The summed E-state index contributed by atoms with van der Waals surface area (Å²) in [5.41, 5.74) is 0.363. The number of hydrogen-bond acceptors (Lipinski definition) is 7. The Morgan fingerprint density at radius 1 is 1.09 bits per heavy atom. The van der Waals surface area contributed by atoms with E-state index < -0.39 is 26.5 Å². The van der Waals surface area contributed by atoms with Crippen molar-refractivity contribution in [1.29, 1.82) is 0 Å². The van der Waals surface area contributed by atoms with Crippen LogP contribution in [-0.4, -0.2) is 44.3 Å². The molecule has 0 radical (unpaired) electrons. The molecule has 1 atom stereocenters. The van der Waals surface area contributed by atoms with Crippen LogP contribution < -0.4 is 5.32 Å². The zero-order valence-electron chi connectivity index (χ0n) is 17.3. The third-order valence-electron chi connectivity index (χ3n) is 4.92. The lowest BCUT2D eigenvalue weighted by molar-refractivity contribution is -0.119. The second-order valence-corrected chi connectivity index (χ2v) is 10.1. The molecule has 11 heteroatoms. The minimum absolute atomic E-state index is 0.0243. The van der Waals surface area contributed by atoms with Crippen molar-refractivity contribution >= 4 is 27.5 Å². The number of halogens is 2. The van der Waals surface area contributed by atoms with Crippen LogP contribution in [0.15, 0.2) is 68.0 Å². The molecule has 1 aliphatic rings. The molecule has 174 valence electrons. The molecule has 2 aromatic carbocycles. The number of oxazole rings is 1. The molecule has 0 unspecified atom stereocenters. The molecule has 4 rings (SSSR count). The van der Waals surface area contributed by atoms with E-state index in [9.17, 15) is 22.0 Å². The highest BCUT2D eigenvalue weighted by molar-refractivity contribution is 8.00. The minimum Gasteiger partial charge on any atom is -0.428 e. The van der Waals surface area contributed by atoms with E-state index in [-0.39, 0.29) is 33.6 Å². The Morgan fingerprint density at radius 2 is 1.76 bits per heavy atom. The highest BCUT2D eigenvalue weighted by Crippen LogP contribution is 2.35. The van der Waals surface area contributed by atoms with Crippen molar-refractivity contribution in [3.8, 4) is 11.5 Å². The van der Waals surface area contributed by atoms with Crippen LogP contribution in [0.5, 0.6) is 0 Å². The van der Waals surface area contributed by atoms with E-state index in [1.165, 1.54) is 24.3 Å². The fourth-order valence-corrected chi connectivity index (χ4v) is 5.57. The van der Waals surface area contributed by atoms with Gasteiger partial charge in [0, 0.05) is 18.7 Å². The maximum absolute atomic E-state index is 13.3. The number of rotatable bonds is 8. The monoisotopic (exact) mass is 494 g/mol. The molecule has 0 saturated carbocycles. The largest absolute Gasteiger partial charge is 0.428 e. The number of carbonyl (C=O) groups is 1. The van der Waals surface area contributed by atoms with Gasteiger partial charge in [0.15, 0.2) is 0 Å². The highest BCUT2D eigenvalue weighted by Gasteiger charge is 2.29. The number of aromatic nitrogens is 1. The van der Waals surface area contributed by atoms with Gasteiger partial charge >= 0.3 is 0 Å². The zero-order chi connectivity index (χ0) is 23.4. The van der Waals surface area contributed by atoms with Crippen molar-refractivity contribution in [3.05, 3.63) is 60.2 Å². The number of hydrogen-bond donors (Lipinski definition) is 1. The van der Waals surface area contributed by atoms with Gasteiger partial charge in [-0.3, -0.25) is 4.79 Å². The lowest BCUT2D eigenvalue weighted by Gasteiger charge is -2.10. The van der Waals surface area contributed by atoms with Crippen LogP contribution >= 0.6 is 11.8 Å². The molecule has 1 amide bonds. The molecule has 2 heterocycles. The number of sulfone groups is 1. The van der Waals surface area contributed by atoms with Crippen LogP contribution in [0.3, 0.4) is 0 Å². The molecular weight excluding hydrogens is 474 g/mol. The molecule has 0 spiro atoms. The molecule has 33 heavy (non-hydrogen) atoms. The first-order chi connectivity index (χ1) is 15.8. The number of thioether (sulfide) groups is 1. The zero-order valence-corrected chi connectivity index (χ0v) is 18.9. The second-order valence-electron chi connectivity index (χ2n) is 7.30. The van der Waals surface area contributed by atoms with Crippen LogP contribution in [0.2, 0.25) is 0 Å². The van der Waals surface area contributed by atoms with Gasteiger partial charge in [-0.15, -0.1) is 0 Å². The summed E-state index contributed by atoms with van der Waals surface area (Å²) in [6.45, 7) is 1.04. The molecule has 1 saturated heterocycles. The minimum atomic E-state index is -4.17. The number of nitrogens with one attached hydrogen (secondary N) is 1. The first kappa shape index (κ1) is 23.4. The summed E-state index contributed by atoms with van der Waals surface area (Å²) in [5.74, 6) is -1.53. The van der Waals surface area contributed by atoms with Gasteiger partial charge in [-0.2, -0.15) is 4.98 Å². The average Bonchev–Trinajstić information content (AvgIpc) is 3.47. The van der Waals surface area contributed by atoms with Crippen LogP contribution in [0, 0.1) is 11.6 Å². The Kier molecular flexibility index (Phi) is 7.11. The summed E-state index contributed by atoms with van der Waals surface area (Å²) >= 11 is 0.872. The summed E-state index contributed by atoms with van der Waals surface area (Å²) in [6.07, 6.45) is 1.80. The Morgan fingerprint density at radius 3 is 2.39 bits per heavy atom. The highest BCUT2D eigenvalue weighted by atomic mass is 32.2. The maximum Gasteiger partial charge on any atom is 0.230 e. The molecule has 1 N–H and O–H groups in total. The maximum atomic E-state index is 13.3. The van der Waals surface area contributed by atoms with E-state index >= 15 is 0 Å². The topological polar surface area (TPSA) is 98.5 Å². The van der Waals surface area contributed by atoms with Crippen molar-refractivity contribution < 1.29 is 31.1 Å². The number of benzene rings is 2. The summed E-state index contributed by atoms with van der Waals surface area (Å²) in [7, 11) is -4.17. The predicted molar refractivity (Wildman–Crippen MR) is 116 cm³/mol. The van der Waals surface area contributed by atoms with Crippen LogP contribution in [0.1, 0.15) is 12.8 Å². The van der Waals surface area contributed by atoms with Gasteiger partial charge in [0.2, 0.25) is 31.8 Å². The summed E-state index contributed by atoms with van der Waals surface area (Å²) in [6, 6.07) is 9.49. The standard InChI is InChI=1S/C22H20F2N2O5S2/c23-15-5-3-14(4-6-15)20-26-21(33(28,29)18-9-7-16(24)8-10-18)22(31-20)32-13-19(27)25-12-17-2-1-11-30-17/h3-10,17H,1-2,11-13H2,(H,25,27)/t17-/m0/s1. The van der Waals surface area contributed by atoms with E-state index in [1.54, 1.807) is 0 Å². The Bertz CT molecular complexity index is 1220. The van der Waals surface area contributed by atoms with Crippen molar-refractivity contribution in [3.63, 3.8) is 0 Å². The van der Waals surface area contributed by atoms with Gasteiger partial charge in [-0.25, -0.2) is 17.2 Å². The third kappa shape index (κ3) is 5.60. The van der Waals surface area contributed by atoms with Crippen molar-refractivity contribution in [2.75, 3.05) is 18.9 Å². The normalized spacial score (nSPS) is 16.1. The lowest BCUT2D eigenvalue weighted by Crippen LogP contribution is -2.32. The quantitative estimate of drug-likeness (QED) is 0.375. The summed E-state index contributed by atoms with van der Waals surface area (Å²) in [4.78, 5) is 16.2. The molecule has 0 bridgehead atoms. The Labute approximate surface area is 193 Å². The molecule has 1 aliphatic heterocycles. The fourth-order valence-electron chi connectivity index (χ4n) is 3.21. The van der Waals surface area contributed by atoms with Crippen LogP contribution in [0.4, 0.5) is 8.78 Å². The lowest BCUT2D eigenvalue weighted by atomic mass is 10.2. The van der Waals surface area contributed by atoms with Crippen molar-refractivity contribution in [2.45, 2.75) is 34.0 Å². The van der Waals surface area contributed by atoms with Gasteiger partial charge in [0.25, 0.3) is 0 Å². The van der Waals surface area contributed by atoms with E-state index in [2.05, 4.69) is 10.3 Å². The average molecular weight is 495 g/mol. The Hall–Kier alpha value is -2.76. The molecule has 1 aromatic heterocycles. The second kappa shape index (κ2) is 10.0. The number of nitrogens with zero attached hydrogens (tertiary/aromatic N) is 1. The SMILES string of the molecule is O=C(CSc1oc(-c2ccc(F)cc2)nc1S(=O)(=O)c1ccc(F)cc1)NC[C@@H]1CCCO1. The van der Waals surface area contributed by atoms with Gasteiger partial charge < -0.3 is 14.5 Å². The first-order valence-corrected chi connectivity index (χ1v) is 12.6. The number of ether oxygens (including phenoxy) is 1. The predicted octanol–water partition coefficient (Wildman–Crippen LogP) is 3.84. The molecule has 3 aromatic rings. The van der Waals surface area contributed by atoms with Crippen LogP contribution in [0.25, 0.3) is 11.5 Å². The molecular formula is C22H20F2N2O5S2. The van der Waals surface area contributed by atoms with Crippen molar-refractivity contribution in [2.24, 2.45) is 0 Å².